The molecule has 1 aliphatic rings. The molecule has 0 bridgehead atoms. The van der Waals surface area contributed by atoms with E-state index in [1.165, 1.54) is 23.6 Å². The van der Waals surface area contributed by atoms with Crippen molar-refractivity contribution in [3.05, 3.63) is 54.1 Å². The topological polar surface area (TPSA) is 75.7 Å². The van der Waals surface area contributed by atoms with Crippen molar-refractivity contribution < 1.29 is 17.9 Å². The predicted molar refractivity (Wildman–Crippen MR) is 132 cm³/mol. The molecule has 3 rings (SSSR count). The van der Waals surface area contributed by atoms with Crippen molar-refractivity contribution in [3.63, 3.8) is 0 Å². The summed E-state index contributed by atoms with van der Waals surface area (Å²) in [5, 5.41) is 2.83. The van der Waals surface area contributed by atoms with E-state index in [1.54, 1.807) is 55.6 Å². The monoisotopic (exact) mass is 472 g/mol. The lowest BCUT2D eigenvalue weighted by molar-refractivity contribution is 0.102. The van der Waals surface area contributed by atoms with Gasteiger partial charge in [-0.2, -0.15) is 4.31 Å². The van der Waals surface area contributed by atoms with E-state index in [9.17, 15) is 13.2 Å². The lowest BCUT2D eigenvalue weighted by Gasteiger charge is -2.30. The number of nitrogens with one attached hydrogen (secondary N) is 1. The number of amides is 1. The lowest BCUT2D eigenvalue weighted by atomic mass is 9.96. The van der Waals surface area contributed by atoms with Crippen LogP contribution in [0.5, 0.6) is 5.75 Å². The van der Waals surface area contributed by atoms with Crippen LogP contribution in [0.15, 0.2) is 53.4 Å². The molecule has 2 aromatic carbocycles. The van der Waals surface area contributed by atoms with Gasteiger partial charge < -0.3 is 10.1 Å². The molecular weight excluding hydrogens is 436 g/mol. The molecule has 1 amide bonds. The number of carbonyl (C=O) groups is 1. The number of ether oxygens (including phenoxy) is 1. The quantitative estimate of drug-likeness (QED) is 0.416. The fraction of sp³-hybridized carbons (Fsp3) is 0.500. The van der Waals surface area contributed by atoms with E-state index in [0.717, 1.165) is 44.3 Å². The molecule has 1 N–H and O–H groups in total. The molecule has 0 saturated heterocycles. The molecule has 7 heteroatoms. The highest BCUT2D eigenvalue weighted by Gasteiger charge is 2.28. The van der Waals surface area contributed by atoms with E-state index in [-0.39, 0.29) is 16.8 Å². The Kier molecular flexibility index (Phi) is 9.32. The van der Waals surface area contributed by atoms with Gasteiger partial charge in [-0.15, -0.1) is 0 Å². The van der Waals surface area contributed by atoms with Crippen LogP contribution in [0, 0.1) is 0 Å². The van der Waals surface area contributed by atoms with Crippen molar-refractivity contribution in [3.8, 4) is 5.75 Å². The van der Waals surface area contributed by atoms with E-state index in [1.807, 2.05) is 0 Å². The van der Waals surface area contributed by atoms with E-state index >= 15 is 0 Å². The molecule has 6 nitrogen and oxygen atoms in total. The molecule has 0 heterocycles. The average Bonchev–Trinajstić information content (AvgIpc) is 2.84. The molecule has 0 atom stereocenters. The second-order valence-corrected chi connectivity index (χ2v) is 10.7. The van der Waals surface area contributed by atoms with Gasteiger partial charge in [0.05, 0.1) is 11.5 Å². The van der Waals surface area contributed by atoms with Crippen LogP contribution in [-0.2, 0) is 10.0 Å². The van der Waals surface area contributed by atoms with E-state index in [2.05, 4.69) is 12.2 Å². The highest BCUT2D eigenvalue weighted by molar-refractivity contribution is 7.89. The van der Waals surface area contributed by atoms with Crippen LogP contribution in [0.1, 0.15) is 75.1 Å². The summed E-state index contributed by atoms with van der Waals surface area (Å²) in [6.45, 7) is 2.86. The van der Waals surface area contributed by atoms with Crippen LogP contribution in [0.4, 0.5) is 5.69 Å². The van der Waals surface area contributed by atoms with Gasteiger partial charge in [-0.25, -0.2) is 8.42 Å². The zero-order valence-corrected chi connectivity index (χ0v) is 20.6. The minimum atomic E-state index is -3.55. The van der Waals surface area contributed by atoms with Gasteiger partial charge in [0, 0.05) is 24.3 Å². The Hall–Kier alpha value is -2.38. The van der Waals surface area contributed by atoms with Gasteiger partial charge in [0.15, 0.2) is 0 Å². The molecule has 1 aliphatic carbocycles. The van der Waals surface area contributed by atoms with Crippen molar-refractivity contribution in [1.29, 1.82) is 0 Å². The van der Waals surface area contributed by atoms with Crippen LogP contribution < -0.4 is 10.1 Å². The Morgan fingerprint density at radius 1 is 0.970 bits per heavy atom. The molecule has 0 spiro atoms. The zero-order chi connectivity index (χ0) is 23.7. The van der Waals surface area contributed by atoms with Gasteiger partial charge >= 0.3 is 0 Å². The van der Waals surface area contributed by atoms with Crippen LogP contribution in [0.3, 0.4) is 0 Å². The number of hydrogen-bond acceptors (Lipinski definition) is 4. The summed E-state index contributed by atoms with van der Waals surface area (Å²) in [7, 11) is -1.88. The normalized spacial score (nSPS) is 14.9. The molecule has 0 unspecified atom stereocenters. The van der Waals surface area contributed by atoms with Gasteiger partial charge in [-0.3, -0.25) is 4.79 Å². The third-order valence-electron chi connectivity index (χ3n) is 6.26. The van der Waals surface area contributed by atoms with Crippen molar-refractivity contribution in [2.24, 2.45) is 0 Å². The Bertz CT molecular complexity index is 982. The molecule has 1 saturated carbocycles. The molecule has 0 radical (unpaired) electrons. The van der Waals surface area contributed by atoms with Crippen molar-refractivity contribution in [2.75, 3.05) is 19.0 Å². The highest BCUT2D eigenvalue weighted by atomic mass is 32.2. The summed E-state index contributed by atoms with van der Waals surface area (Å²) < 4.78 is 33.2. The number of sulfonamides is 1. The minimum Gasteiger partial charge on any atom is -0.494 e. The fourth-order valence-corrected chi connectivity index (χ4v) is 5.56. The van der Waals surface area contributed by atoms with Crippen molar-refractivity contribution in [2.45, 2.75) is 75.6 Å². The Labute approximate surface area is 198 Å². The number of rotatable bonds is 11. The number of hydrogen-bond donors (Lipinski definition) is 1. The van der Waals surface area contributed by atoms with Gasteiger partial charge in [0.25, 0.3) is 5.91 Å². The number of anilines is 1. The first kappa shape index (κ1) is 25.2. The Balaban J connectivity index is 1.55. The fourth-order valence-electron chi connectivity index (χ4n) is 4.14. The van der Waals surface area contributed by atoms with Crippen molar-refractivity contribution in [1.82, 2.24) is 4.31 Å². The first-order valence-corrected chi connectivity index (χ1v) is 13.5. The third-order valence-corrected chi connectivity index (χ3v) is 8.19. The van der Waals surface area contributed by atoms with Crippen LogP contribution >= 0.6 is 0 Å². The summed E-state index contributed by atoms with van der Waals surface area (Å²) in [6, 6.07) is 13.5. The summed E-state index contributed by atoms with van der Waals surface area (Å²) >= 11 is 0. The van der Waals surface area contributed by atoms with E-state index < -0.39 is 10.0 Å². The second-order valence-electron chi connectivity index (χ2n) is 8.73. The summed E-state index contributed by atoms with van der Waals surface area (Å²) in [5.74, 6) is 0.499. The second kappa shape index (κ2) is 12.2. The molecule has 180 valence electrons. The first-order valence-electron chi connectivity index (χ1n) is 12.0. The molecule has 0 aliphatic heterocycles. The predicted octanol–water partition coefficient (Wildman–Crippen LogP) is 5.85. The summed E-state index contributed by atoms with van der Waals surface area (Å²) in [6.07, 6.45) is 9.73. The zero-order valence-electron chi connectivity index (χ0n) is 19.8. The van der Waals surface area contributed by atoms with Gasteiger partial charge in [0.1, 0.15) is 5.75 Å². The van der Waals surface area contributed by atoms with E-state index in [0.29, 0.717) is 17.9 Å². The number of carbonyl (C=O) groups excluding carboxylic acids is 1. The van der Waals surface area contributed by atoms with Gasteiger partial charge in [-0.05, 0) is 67.8 Å². The maximum Gasteiger partial charge on any atom is 0.255 e. The molecule has 0 aromatic heterocycles. The summed E-state index contributed by atoms with van der Waals surface area (Å²) in [4.78, 5) is 12.8. The molecule has 1 fully saturated rings. The third kappa shape index (κ3) is 7.05. The standard InChI is InChI=1S/C26H36N2O4S/c1-3-4-5-9-20-32-24-16-12-21(13-17-24)26(29)27-22-14-18-25(19-15-22)33(30,31)28(2)23-10-7-6-8-11-23/h12-19,23H,3-11,20H2,1-2H3,(H,27,29). The Morgan fingerprint density at radius 3 is 2.27 bits per heavy atom. The number of unbranched alkanes of at least 4 members (excludes halogenated alkanes) is 3. The largest absolute Gasteiger partial charge is 0.494 e. The van der Waals surface area contributed by atoms with Crippen LogP contribution in [0.25, 0.3) is 0 Å². The maximum atomic E-state index is 13.0. The lowest BCUT2D eigenvalue weighted by Crippen LogP contribution is -2.38. The van der Waals surface area contributed by atoms with E-state index in [4.69, 9.17) is 4.74 Å². The molecule has 2 aromatic rings. The minimum absolute atomic E-state index is 0.0615. The highest BCUT2D eigenvalue weighted by Crippen LogP contribution is 2.27. The van der Waals surface area contributed by atoms with Gasteiger partial charge in [-0.1, -0.05) is 45.4 Å². The Morgan fingerprint density at radius 2 is 1.64 bits per heavy atom. The van der Waals surface area contributed by atoms with Crippen LogP contribution in [0.2, 0.25) is 0 Å². The smallest absolute Gasteiger partial charge is 0.255 e. The van der Waals surface area contributed by atoms with Gasteiger partial charge in [0.2, 0.25) is 10.0 Å². The average molecular weight is 473 g/mol. The first-order chi connectivity index (χ1) is 15.9. The number of nitrogens with zero attached hydrogens (tertiary/aromatic N) is 1. The van der Waals surface area contributed by atoms with Crippen molar-refractivity contribution >= 4 is 21.6 Å². The summed E-state index contributed by atoms with van der Waals surface area (Å²) in [5.41, 5.74) is 1.07. The molecular formula is C26H36N2O4S. The number of benzene rings is 2. The van der Waals surface area contributed by atoms with Crippen LogP contribution in [-0.4, -0.2) is 38.3 Å². The SMILES string of the molecule is CCCCCCOc1ccc(C(=O)Nc2ccc(S(=O)(=O)N(C)C3CCCCC3)cc2)cc1. The molecule has 33 heavy (non-hydrogen) atoms. The maximum absolute atomic E-state index is 13.0.